The van der Waals surface area contributed by atoms with Crippen molar-refractivity contribution in [1.82, 2.24) is 0 Å². The van der Waals surface area contributed by atoms with Gasteiger partial charge in [-0.1, -0.05) is 18.7 Å². The quantitative estimate of drug-likeness (QED) is 0.841. The van der Waals surface area contributed by atoms with E-state index in [0.717, 1.165) is 12.1 Å². The van der Waals surface area contributed by atoms with Gasteiger partial charge < -0.3 is 10.4 Å². The SMILES string of the molecule is CCC1(CO)CSC(Nc2ccc(F)c(F)c2F)=N1. The van der Waals surface area contributed by atoms with E-state index in [4.69, 9.17) is 0 Å². The molecular weight excluding hydrogens is 277 g/mol. The summed E-state index contributed by atoms with van der Waals surface area (Å²) in [5.41, 5.74) is -0.753. The van der Waals surface area contributed by atoms with E-state index in [9.17, 15) is 18.3 Å². The van der Waals surface area contributed by atoms with E-state index in [1.807, 2.05) is 6.92 Å². The van der Waals surface area contributed by atoms with E-state index >= 15 is 0 Å². The zero-order valence-electron chi connectivity index (χ0n) is 10.2. The van der Waals surface area contributed by atoms with E-state index in [1.54, 1.807) is 0 Å². The number of thioether (sulfide) groups is 1. The fourth-order valence-corrected chi connectivity index (χ4v) is 2.86. The van der Waals surface area contributed by atoms with Gasteiger partial charge in [0, 0.05) is 5.75 Å². The number of anilines is 1. The van der Waals surface area contributed by atoms with Crippen LogP contribution in [0.1, 0.15) is 13.3 Å². The molecule has 1 heterocycles. The third kappa shape index (κ3) is 2.71. The second-order valence-electron chi connectivity index (χ2n) is 4.29. The van der Waals surface area contributed by atoms with Crippen molar-refractivity contribution in [2.75, 3.05) is 17.7 Å². The van der Waals surface area contributed by atoms with Gasteiger partial charge in [0.2, 0.25) is 0 Å². The van der Waals surface area contributed by atoms with Crippen LogP contribution in [0.5, 0.6) is 0 Å². The van der Waals surface area contributed by atoms with Crippen LogP contribution in [0, 0.1) is 17.5 Å². The number of aliphatic imine (C=N–C) groups is 1. The fourth-order valence-electron chi connectivity index (χ4n) is 1.66. The van der Waals surface area contributed by atoms with Crippen molar-refractivity contribution in [3.05, 3.63) is 29.6 Å². The van der Waals surface area contributed by atoms with Crippen molar-refractivity contribution in [2.45, 2.75) is 18.9 Å². The number of rotatable bonds is 3. The normalized spacial score (nSPS) is 22.5. The lowest BCUT2D eigenvalue weighted by molar-refractivity contribution is 0.211. The number of nitrogens with one attached hydrogen (secondary N) is 1. The molecule has 0 amide bonds. The second kappa shape index (κ2) is 5.42. The number of aliphatic hydroxyl groups excluding tert-OH is 1. The lowest BCUT2D eigenvalue weighted by Crippen LogP contribution is -2.30. The van der Waals surface area contributed by atoms with Crippen LogP contribution in [0.2, 0.25) is 0 Å². The Balaban J connectivity index is 2.22. The molecule has 7 heteroatoms. The standard InChI is InChI=1S/C12H13F3N2OS/c1-2-12(5-18)6-19-11(17-12)16-8-4-3-7(13)9(14)10(8)15/h3-4,18H,2,5-6H2,1H3,(H,16,17). The number of amidine groups is 1. The summed E-state index contributed by atoms with van der Waals surface area (Å²) in [5, 5.41) is 12.3. The van der Waals surface area contributed by atoms with Gasteiger partial charge in [-0.3, -0.25) is 4.99 Å². The van der Waals surface area contributed by atoms with Crippen molar-refractivity contribution < 1.29 is 18.3 Å². The Morgan fingerprint density at radius 3 is 2.68 bits per heavy atom. The highest BCUT2D eigenvalue weighted by Crippen LogP contribution is 2.31. The lowest BCUT2D eigenvalue weighted by atomic mass is 10.0. The lowest BCUT2D eigenvalue weighted by Gasteiger charge is -2.19. The highest BCUT2D eigenvalue weighted by molar-refractivity contribution is 8.14. The zero-order chi connectivity index (χ0) is 14.0. The third-order valence-electron chi connectivity index (χ3n) is 3.05. The van der Waals surface area contributed by atoms with Crippen molar-refractivity contribution in [3.8, 4) is 0 Å². The van der Waals surface area contributed by atoms with Gasteiger partial charge in [0.15, 0.2) is 22.6 Å². The minimum Gasteiger partial charge on any atom is -0.394 e. The molecular formula is C12H13F3N2OS. The summed E-state index contributed by atoms with van der Waals surface area (Å²) in [6, 6.07) is 1.96. The average Bonchev–Trinajstić information content (AvgIpc) is 2.84. The van der Waals surface area contributed by atoms with Gasteiger partial charge in [-0.15, -0.1) is 0 Å². The van der Waals surface area contributed by atoms with Gasteiger partial charge in [-0.25, -0.2) is 13.2 Å². The summed E-state index contributed by atoms with van der Waals surface area (Å²) in [7, 11) is 0. The van der Waals surface area contributed by atoms with Crippen molar-refractivity contribution in [2.24, 2.45) is 4.99 Å². The summed E-state index contributed by atoms with van der Waals surface area (Å²) in [6.07, 6.45) is 0.641. The molecule has 2 rings (SSSR count). The van der Waals surface area contributed by atoms with Crippen molar-refractivity contribution in [3.63, 3.8) is 0 Å². The van der Waals surface area contributed by atoms with E-state index in [1.165, 1.54) is 11.8 Å². The van der Waals surface area contributed by atoms with E-state index in [0.29, 0.717) is 17.3 Å². The number of benzene rings is 1. The Morgan fingerprint density at radius 2 is 2.11 bits per heavy atom. The zero-order valence-corrected chi connectivity index (χ0v) is 11.0. The monoisotopic (exact) mass is 290 g/mol. The second-order valence-corrected chi connectivity index (χ2v) is 5.25. The average molecular weight is 290 g/mol. The fraction of sp³-hybridized carbons (Fsp3) is 0.417. The van der Waals surface area contributed by atoms with E-state index in [-0.39, 0.29) is 12.3 Å². The molecule has 1 atom stereocenters. The summed E-state index contributed by atoms with van der Waals surface area (Å²) in [6.45, 7) is 1.78. The Bertz CT molecular complexity index is 518. The maximum atomic E-state index is 13.5. The number of aliphatic hydroxyl groups is 1. The molecule has 1 aromatic carbocycles. The van der Waals surface area contributed by atoms with E-state index < -0.39 is 23.0 Å². The molecule has 2 N–H and O–H groups in total. The first kappa shape index (κ1) is 14.2. The number of hydrogen-bond acceptors (Lipinski definition) is 4. The van der Waals surface area contributed by atoms with Gasteiger partial charge in [-0.05, 0) is 18.6 Å². The topological polar surface area (TPSA) is 44.6 Å². The number of hydrogen-bond donors (Lipinski definition) is 2. The molecule has 0 aromatic heterocycles. The summed E-state index contributed by atoms with van der Waals surface area (Å²) < 4.78 is 39.3. The van der Waals surface area contributed by atoms with Crippen LogP contribution in [0.4, 0.5) is 18.9 Å². The molecule has 0 saturated heterocycles. The predicted molar refractivity (Wildman–Crippen MR) is 69.9 cm³/mol. The molecule has 0 bridgehead atoms. The van der Waals surface area contributed by atoms with Crippen LogP contribution >= 0.6 is 11.8 Å². The van der Waals surface area contributed by atoms with Crippen LogP contribution in [0.3, 0.4) is 0 Å². The molecule has 19 heavy (non-hydrogen) atoms. The maximum absolute atomic E-state index is 13.5. The molecule has 0 fully saturated rings. The summed E-state index contributed by atoms with van der Waals surface area (Å²) in [5.74, 6) is -3.46. The molecule has 0 saturated carbocycles. The van der Waals surface area contributed by atoms with Crippen LogP contribution < -0.4 is 5.32 Å². The van der Waals surface area contributed by atoms with Gasteiger partial charge in [0.1, 0.15) is 0 Å². The van der Waals surface area contributed by atoms with Crippen LogP contribution in [0.15, 0.2) is 17.1 Å². The Morgan fingerprint density at radius 1 is 1.37 bits per heavy atom. The molecule has 1 aromatic rings. The van der Waals surface area contributed by atoms with Crippen molar-refractivity contribution in [1.29, 1.82) is 0 Å². The van der Waals surface area contributed by atoms with Crippen molar-refractivity contribution >= 4 is 22.6 Å². The van der Waals surface area contributed by atoms with Gasteiger partial charge in [0.05, 0.1) is 17.8 Å². The molecule has 1 unspecified atom stereocenters. The minimum atomic E-state index is -1.52. The molecule has 0 spiro atoms. The Labute approximate surface area is 112 Å². The Hall–Kier alpha value is -1.21. The first-order valence-electron chi connectivity index (χ1n) is 5.75. The maximum Gasteiger partial charge on any atom is 0.196 e. The molecule has 1 aliphatic heterocycles. The summed E-state index contributed by atoms with van der Waals surface area (Å²) in [4.78, 5) is 4.28. The van der Waals surface area contributed by atoms with E-state index in [2.05, 4.69) is 10.3 Å². The van der Waals surface area contributed by atoms with Crippen LogP contribution in [0.25, 0.3) is 0 Å². The molecule has 0 aliphatic carbocycles. The van der Waals surface area contributed by atoms with Gasteiger partial charge in [-0.2, -0.15) is 0 Å². The number of nitrogens with zero attached hydrogens (tertiary/aromatic N) is 1. The third-order valence-corrected chi connectivity index (χ3v) is 4.19. The van der Waals surface area contributed by atoms with Crippen LogP contribution in [-0.2, 0) is 0 Å². The molecule has 0 radical (unpaired) electrons. The largest absolute Gasteiger partial charge is 0.394 e. The summed E-state index contributed by atoms with van der Waals surface area (Å²) >= 11 is 1.31. The number of halogens is 3. The first-order chi connectivity index (χ1) is 9.01. The van der Waals surface area contributed by atoms with Crippen LogP contribution in [-0.4, -0.2) is 28.2 Å². The van der Waals surface area contributed by atoms with Gasteiger partial charge >= 0.3 is 0 Å². The molecule has 3 nitrogen and oxygen atoms in total. The highest BCUT2D eigenvalue weighted by Gasteiger charge is 2.33. The molecule has 104 valence electrons. The smallest absolute Gasteiger partial charge is 0.196 e. The molecule has 1 aliphatic rings. The Kier molecular flexibility index (Phi) is 4.05. The highest BCUT2D eigenvalue weighted by atomic mass is 32.2. The minimum absolute atomic E-state index is 0.109. The predicted octanol–water partition coefficient (Wildman–Crippen LogP) is 2.76. The van der Waals surface area contributed by atoms with Gasteiger partial charge in [0.25, 0.3) is 0 Å². The first-order valence-corrected chi connectivity index (χ1v) is 6.74.